The topological polar surface area (TPSA) is 117 Å². The fourth-order valence-corrected chi connectivity index (χ4v) is 4.14. The summed E-state index contributed by atoms with van der Waals surface area (Å²) in [4.78, 5) is 25.2. The van der Waals surface area contributed by atoms with Gasteiger partial charge in [0.2, 0.25) is 0 Å². The first-order chi connectivity index (χ1) is 15.3. The molecule has 3 N–H and O–H groups in total. The third-order valence-corrected chi connectivity index (χ3v) is 5.75. The molecule has 1 atom stereocenters. The van der Waals surface area contributed by atoms with Crippen LogP contribution in [0.15, 0.2) is 63.8 Å². The Morgan fingerprint density at radius 1 is 0.906 bits per heavy atom. The summed E-state index contributed by atoms with van der Waals surface area (Å²) in [5, 5.41) is 29.9. The number of rotatable bonds is 2. The molecular weight excluding hydrogens is 436 g/mol. The minimum atomic E-state index is -0.592. The summed E-state index contributed by atoms with van der Waals surface area (Å²) in [5.41, 5.74) is 1.16. The van der Waals surface area contributed by atoms with E-state index in [9.17, 15) is 24.9 Å². The van der Waals surface area contributed by atoms with Crippen molar-refractivity contribution in [2.75, 3.05) is 0 Å². The van der Waals surface area contributed by atoms with Crippen LogP contribution in [-0.4, -0.2) is 21.3 Å². The Labute approximate surface area is 185 Å². The number of ether oxygens (including phenoxy) is 1. The molecule has 0 unspecified atom stereocenters. The highest BCUT2D eigenvalue weighted by Crippen LogP contribution is 2.46. The molecule has 0 radical (unpaired) electrons. The van der Waals surface area contributed by atoms with Crippen LogP contribution in [0.3, 0.4) is 0 Å². The van der Waals surface area contributed by atoms with Crippen molar-refractivity contribution >= 4 is 28.5 Å². The molecule has 0 spiro atoms. The van der Waals surface area contributed by atoms with Crippen LogP contribution < -0.4 is 10.2 Å². The highest BCUT2D eigenvalue weighted by Gasteiger charge is 2.33. The van der Waals surface area contributed by atoms with E-state index in [2.05, 4.69) is 0 Å². The van der Waals surface area contributed by atoms with Gasteiger partial charge in [-0.1, -0.05) is 17.7 Å². The Morgan fingerprint density at radius 2 is 1.66 bits per heavy atom. The first kappa shape index (κ1) is 20.0. The van der Waals surface area contributed by atoms with Crippen molar-refractivity contribution in [3.63, 3.8) is 0 Å². The maximum Gasteiger partial charge on any atom is 0.312 e. The Morgan fingerprint density at radius 3 is 2.38 bits per heavy atom. The van der Waals surface area contributed by atoms with Gasteiger partial charge in [0.1, 0.15) is 39.7 Å². The number of fused-ring (bicyclic) bond motifs is 3. The van der Waals surface area contributed by atoms with Crippen LogP contribution in [0.4, 0.5) is 0 Å². The van der Waals surface area contributed by atoms with Crippen molar-refractivity contribution in [1.29, 1.82) is 0 Å². The number of benzene rings is 3. The largest absolute Gasteiger partial charge is 0.508 e. The van der Waals surface area contributed by atoms with Crippen molar-refractivity contribution in [3.05, 3.63) is 81.0 Å². The molecule has 1 aliphatic rings. The number of aromatic hydroxyl groups is 3. The maximum absolute atomic E-state index is 12.9. The lowest BCUT2D eigenvalue weighted by molar-refractivity contribution is -0.135. The summed E-state index contributed by atoms with van der Waals surface area (Å²) >= 11 is 6.08. The lowest BCUT2D eigenvalue weighted by Gasteiger charge is -2.26. The number of esters is 1. The minimum absolute atomic E-state index is 0.0425. The second kappa shape index (κ2) is 7.32. The summed E-state index contributed by atoms with van der Waals surface area (Å²) < 4.78 is 11.4. The molecule has 8 heteroatoms. The Hall–Kier alpha value is -3.97. The first-order valence-corrected chi connectivity index (χ1v) is 10.0. The molecule has 0 aliphatic carbocycles. The van der Waals surface area contributed by atoms with E-state index in [-0.39, 0.29) is 51.2 Å². The van der Waals surface area contributed by atoms with E-state index in [0.29, 0.717) is 16.7 Å². The highest BCUT2D eigenvalue weighted by atomic mass is 35.5. The number of hydrogen-bond acceptors (Lipinski definition) is 7. The van der Waals surface area contributed by atoms with Crippen LogP contribution >= 0.6 is 11.6 Å². The van der Waals surface area contributed by atoms with Crippen LogP contribution in [0.2, 0.25) is 5.02 Å². The summed E-state index contributed by atoms with van der Waals surface area (Å²) in [6, 6.07) is 13.1. The zero-order valence-corrected chi connectivity index (χ0v) is 17.1. The molecule has 0 amide bonds. The SMILES string of the molecule is O=C1C[C@H](c2ccc(O)c(Cl)c2)c2c(cc(O)c3c(=O)cc(-c4ccc(O)cc4)oc23)O1. The molecule has 7 nitrogen and oxygen atoms in total. The monoisotopic (exact) mass is 450 g/mol. The second-order valence-corrected chi connectivity index (χ2v) is 7.88. The summed E-state index contributed by atoms with van der Waals surface area (Å²) in [7, 11) is 0. The van der Waals surface area contributed by atoms with E-state index >= 15 is 0 Å². The molecular formula is C24H15ClO7. The number of phenolic OH excluding ortho intramolecular Hbond substituents is 3. The van der Waals surface area contributed by atoms with Crippen LogP contribution in [0.1, 0.15) is 23.5 Å². The van der Waals surface area contributed by atoms with Gasteiger partial charge < -0.3 is 24.5 Å². The molecule has 2 heterocycles. The fraction of sp³-hybridized carbons (Fsp3) is 0.0833. The number of carbonyl (C=O) groups is 1. The second-order valence-electron chi connectivity index (χ2n) is 7.48. The Balaban J connectivity index is 1.81. The van der Waals surface area contributed by atoms with Gasteiger partial charge in [-0.2, -0.15) is 0 Å². The van der Waals surface area contributed by atoms with E-state index in [1.54, 1.807) is 18.2 Å². The van der Waals surface area contributed by atoms with Crippen molar-refractivity contribution in [2.45, 2.75) is 12.3 Å². The molecule has 1 aliphatic heterocycles. The van der Waals surface area contributed by atoms with E-state index in [1.807, 2.05) is 0 Å². The molecule has 0 saturated carbocycles. The molecule has 0 saturated heterocycles. The Bertz CT molecular complexity index is 1450. The third kappa shape index (κ3) is 3.23. The van der Waals surface area contributed by atoms with Gasteiger partial charge in [-0.3, -0.25) is 9.59 Å². The third-order valence-electron chi connectivity index (χ3n) is 5.45. The molecule has 160 valence electrons. The number of phenols is 3. The predicted molar refractivity (Wildman–Crippen MR) is 116 cm³/mol. The quantitative estimate of drug-likeness (QED) is 0.300. The fourth-order valence-electron chi connectivity index (χ4n) is 3.95. The van der Waals surface area contributed by atoms with Crippen LogP contribution in [-0.2, 0) is 4.79 Å². The first-order valence-electron chi connectivity index (χ1n) is 9.64. The zero-order valence-electron chi connectivity index (χ0n) is 16.3. The van der Waals surface area contributed by atoms with Crippen LogP contribution in [0.25, 0.3) is 22.3 Å². The Kier molecular flexibility index (Phi) is 4.56. The van der Waals surface area contributed by atoms with Gasteiger partial charge in [0.15, 0.2) is 5.43 Å². The zero-order chi connectivity index (χ0) is 22.6. The average molecular weight is 451 g/mol. The van der Waals surface area contributed by atoms with E-state index in [4.69, 9.17) is 20.8 Å². The number of carbonyl (C=O) groups excluding carboxylic acids is 1. The number of halogens is 1. The van der Waals surface area contributed by atoms with Crippen molar-refractivity contribution in [2.24, 2.45) is 0 Å². The van der Waals surface area contributed by atoms with Gasteiger partial charge in [-0.05, 0) is 42.0 Å². The molecule has 0 bridgehead atoms. The van der Waals surface area contributed by atoms with E-state index in [0.717, 1.165) is 0 Å². The van der Waals surface area contributed by atoms with Crippen molar-refractivity contribution in [1.82, 2.24) is 0 Å². The molecule has 32 heavy (non-hydrogen) atoms. The summed E-state index contributed by atoms with van der Waals surface area (Å²) in [6.07, 6.45) is -0.0544. The van der Waals surface area contributed by atoms with E-state index in [1.165, 1.54) is 36.4 Å². The van der Waals surface area contributed by atoms with Gasteiger partial charge in [0.05, 0.1) is 11.4 Å². The molecule has 5 rings (SSSR count). The normalized spacial score (nSPS) is 15.4. The van der Waals surface area contributed by atoms with Crippen molar-refractivity contribution < 1.29 is 29.3 Å². The molecule has 1 aromatic heterocycles. The van der Waals surface area contributed by atoms with Crippen LogP contribution in [0, 0.1) is 0 Å². The molecule has 3 aromatic carbocycles. The average Bonchev–Trinajstić information content (AvgIpc) is 2.75. The van der Waals surface area contributed by atoms with Gasteiger partial charge in [0, 0.05) is 29.2 Å². The van der Waals surface area contributed by atoms with Crippen molar-refractivity contribution in [3.8, 4) is 34.3 Å². The lowest BCUT2D eigenvalue weighted by atomic mass is 9.85. The molecule has 4 aromatic rings. The van der Waals surface area contributed by atoms with E-state index < -0.39 is 17.3 Å². The van der Waals surface area contributed by atoms with Gasteiger partial charge >= 0.3 is 5.97 Å². The predicted octanol–water partition coefficient (Wildman–Crippen LogP) is 4.67. The smallest absolute Gasteiger partial charge is 0.312 e. The van der Waals surface area contributed by atoms with Crippen LogP contribution in [0.5, 0.6) is 23.0 Å². The minimum Gasteiger partial charge on any atom is -0.508 e. The highest BCUT2D eigenvalue weighted by molar-refractivity contribution is 6.32. The van der Waals surface area contributed by atoms with Gasteiger partial charge in [-0.25, -0.2) is 0 Å². The van der Waals surface area contributed by atoms with Gasteiger partial charge in [0.25, 0.3) is 0 Å². The lowest BCUT2D eigenvalue weighted by Crippen LogP contribution is -2.22. The van der Waals surface area contributed by atoms with Gasteiger partial charge in [-0.15, -0.1) is 0 Å². The summed E-state index contributed by atoms with van der Waals surface area (Å²) in [5.74, 6) is -1.25. The summed E-state index contributed by atoms with van der Waals surface area (Å²) in [6.45, 7) is 0. The maximum atomic E-state index is 12.9. The number of hydrogen-bond donors (Lipinski definition) is 3. The standard InChI is InChI=1S/C24H15ClO7/c25-15-7-12(3-6-16(15)27)14-8-21(30)31-20-10-18(29)23-17(28)9-19(32-24(23)22(14)20)11-1-4-13(26)5-2-11/h1-7,9-10,14,26-27,29H,8H2/t14-/m1/s1. The molecule has 0 fully saturated rings.